The molecule has 5 aromatic rings. The van der Waals surface area contributed by atoms with Crippen LogP contribution >= 0.6 is 11.8 Å². The van der Waals surface area contributed by atoms with E-state index in [1.165, 1.54) is 27.6 Å². The molecule has 1 aliphatic heterocycles. The fraction of sp³-hybridized carbons (Fsp3) is 0.133. The van der Waals surface area contributed by atoms with Gasteiger partial charge in [0, 0.05) is 22.7 Å². The molecule has 0 bridgehead atoms. The Bertz CT molecular complexity index is 1840. The quantitative estimate of drug-likeness (QED) is 0.267. The number of thioether (sulfide) groups is 1. The largest absolute Gasteiger partial charge is 0.321 e. The molecule has 8 rings (SSSR count). The summed E-state index contributed by atoms with van der Waals surface area (Å²) in [4.78, 5) is 10.2. The van der Waals surface area contributed by atoms with Crippen LogP contribution in [-0.2, 0) is 0 Å². The fourth-order valence-electron chi connectivity index (χ4n) is 5.78. The lowest BCUT2D eigenvalue weighted by molar-refractivity contribution is 0.878. The van der Waals surface area contributed by atoms with Gasteiger partial charge < -0.3 is 4.57 Å². The molecule has 0 fully saturated rings. The van der Waals surface area contributed by atoms with Gasteiger partial charge in [0.15, 0.2) is 0 Å². The number of fused-ring (bicyclic) bond motifs is 7. The molecule has 4 aromatic heterocycles. The van der Waals surface area contributed by atoms with Gasteiger partial charge >= 0.3 is 0 Å². The highest BCUT2D eigenvalue weighted by molar-refractivity contribution is 8.00. The van der Waals surface area contributed by atoms with E-state index in [-0.39, 0.29) is 5.37 Å². The predicted octanol–water partition coefficient (Wildman–Crippen LogP) is 7.55. The van der Waals surface area contributed by atoms with Crippen molar-refractivity contribution in [1.29, 1.82) is 0 Å². The Morgan fingerprint density at radius 1 is 0.914 bits per heavy atom. The second-order valence-electron chi connectivity index (χ2n) is 9.30. The molecule has 35 heavy (non-hydrogen) atoms. The summed E-state index contributed by atoms with van der Waals surface area (Å²) in [5.74, 6) is 0. The lowest BCUT2D eigenvalue weighted by Crippen LogP contribution is -2.03. The third-order valence-electron chi connectivity index (χ3n) is 7.33. The summed E-state index contributed by atoms with van der Waals surface area (Å²) in [5.41, 5.74) is 9.13. The van der Waals surface area contributed by atoms with Crippen molar-refractivity contribution in [2.75, 3.05) is 0 Å². The van der Waals surface area contributed by atoms with Gasteiger partial charge in [0.25, 0.3) is 0 Å². The lowest BCUT2D eigenvalue weighted by Gasteiger charge is -2.15. The molecule has 2 atom stereocenters. The number of pyridine rings is 2. The van der Waals surface area contributed by atoms with Crippen molar-refractivity contribution in [2.24, 2.45) is 0 Å². The first kappa shape index (κ1) is 19.5. The van der Waals surface area contributed by atoms with Gasteiger partial charge in [0.1, 0.15) is 22.1 Å². The van der Waals surface area contributed by atoms with E-state index >= 15 is 0 Å². The average molecular weight is 471 g/mol. The summed E-state index contributed by atoms with van der Waals surface area (Å²) in [7, 11) is 0. The lowest BCUT2D eigenvalue weighted by atomic mass is 10.1. The maximum absolute atomic E-state index is 5.36. The van der Waals surface area contributed by atoms with E-state index in [1.54, 1.807) is 0 Å². The highest BCUT2D eigenvalue weighted by Gasteiger charge is 2.29. The molecular weight excluding hydrogens is 448 g/mol. The third-order valence-corrected chi connectivity index (χ3v) is 8.68. The zero-order valence-electron chi connectivity index (χ0n) is 19.0. The zero-order valence-corrected chi connectivity index (χ0v) is 19.8. The number of hydrogen-bond donors (Lipinski definition) is 0. The smallest absolute Gasteiger partial charge is 0.146 e. The topological polar surface area (TPSA) is 35.6 Å². The molecule has 0 radical (unpaired) electrons. The first-order valence-electron chi connectivity index (χ1n) is 12.1. The van der Waals surface area contributed by atoms with E-state index in [0.717, 1.165) is 40.6 Å². The Morgan fingerprint density at radius 2 is 1.86 bits per heavy atom. The Labute approximate surface area is 206 Å². The molecule has 3 aliphatic rings. The van der Waals surface area contributed by atoms with Crippen LogP contribution in [0.25, 0.3) is 49.7 Å². The van der Waals surface area contributed by atoms with Gasteiger partial charge in [-0.1, -0.05) is 54.7 Å². The second-order valence-corrected chi connectivity index (χ2v) is 10.6. The molecule has 0 saturated carbocycles. The van der Waals surface area contributed by atoms with Crippen molar-refractivity contribution in [1.82, 2.24) is 19.1 Å². The Kier molecular flexibility index (Phi) is 4.08. The molecule has 0 spiro atoms. The van der Waals surface area contributed by atoms with Crippen LogP contribution in [0.4, 0.5) is 0 Å². The summed E-state index contributed by atoms with van der Waals surface area (Å²) in [6.45, 7) is 0. The van der Waals surface area contributed by atoms with E-state index in [9.17, 15) is 0 Å². The van der Waals surface area contributed by atoms with Crippen molar-refractivity contribution in [3.05, 3.63) is 103 Å². The van der Waals surface area contributed by atoms with Crippen LogP contribution < -0.4 is 0 Å². The molecule has 4 nitrogen and oxygen atoms in total. The van der Waals surface area contributed by atoms with E-state index in [4.69, 9.17) is 9.97 Å². The zero-order chi connectivity index (χ0) is 22.9. The molecule has 0 N–H and O–H groups in total. The van der Waals surface area contributed by atoms with Crippen LogP contribution in [0.2, 0.25) is 0 Å². The molecule has 0 amide bonds. The minimum Gasteiger partial charge on any atom is -0.321 e. The normalized spacial score (nSPS) is 21.4. The number of benzene rings is 1. The van der Waals surface area contributed by atoms with Crippen LogP contribution in [0.1, 0.15) is 18.2 Å². The van der Waals surface area contributed by atoms with Gasteiger partial charge in [0.2, 0.25) is 0 Å². The number of rotatable bonds is 2. The molecule has 0 saturated heterocycles. The first-order valence-corrected chi connectivity index (χ1v) is 13.1. The Hall–Kier alpha value is -3.83. The van der Waals surface area contributed by atoms with Crippen LogP contribution in [0.3, 0.4) is 0 Å². The monoisotopic (exact) mass is 470 g/mol. The molecule has 5 heteroatoms. The van der Waals surface area contributed by atoms with Gasteiger partial charge in [0.05, 0.1) is 21.8 Å². The van der Waals surface area contributed by atoms with Crippen molar-refractivity contribution >= 4 is 61.5 Å². The SMILES string of the molecule is C1=CCCC(n2c3ccccc3c3cc4c(nc32)c2ncccc2n4C2C=C3C=CC=CC3S2)=C1. The maximum Gasteiger partial charge on any atom is 0.146 e. The van der Waals surface area contributed by atoms with Crippen LogP contribution in [0.5, 0.6) is 0 Å². The van der Waals surface area contributed by atoms with Crippen molar-refractivity contribution in [3.8, 4) is 0 Å². The minimum absolute atomic E-state index is 0.199. The maximum atomic E-state index is 5.36. The third kappa shape index (κ3) is 2.76. The van der Waals surface area contributed by atoms with Crippen LogP contribution in [0, 0.1) is 0 Å². The van der Waals surface area contributed by atoms with Crippen molar-refractivity contribution < 1.29 is 0 Å². The van der Waals surface area contributed by atoms with E-state index in [1.807, 2.05) is 24.0 Å². The van der Waals surface area contributed by atoms with Crippen LogP contribution in [0.15, 0.2) is 103 Å². The molecule has 1 aromatic carbocycles. The fourth-order valence-corrected chi connectivity index (χ4v) is 7.16. The number of aromatic nitrogens is 4. The van der Waals surface area contributed by atoms with Gasteiger partial charge in [-0.25, -0.2) is 4.98 Å². The van der Waals surface area contributed by atoms with E-state index < -0.39 is 0 Å². The molecular formula is C30H22N4S. The summed E-state index contributed by atoms with van der Waals surface area (Å²) in [6.07, 6.45) is 21.8. The first-order chi connectivity index (χ1) is 17.4. The minimum atomic E-state index is 0.199. The number of nitrogens with zero attached hydrogens (tertiary/aromatic N) is 4. The van der Waals surface area contributed by atoms with Gasteiger partial charge in [-0.3, -0.25) is 9.55 Å². The summed E-state index contributed by atoms with van der Waals surface area (Å²) in [5, 5.41) is 3.04. The van der Waals surface area contributed by atoms with Gasteiger partial charge in [-0.05, 0) is 54.8 Å². The second kappa shape index (κ2) is 7.33. The highest BCUT2D eigenvalue weighted by Crippen LogP contribution is 2.46. The number of allylic oxidation sites excluding steroid dienone is 7. The molecule has 168 valence electrons. The average Bonchev–Trinajstić information content (AvgIpc) is 3.57. The number of para-hydroxylation sites is 1. The molecule has 2 aliphatic carbocycles. The summed E-state index contributed by atoms with van der Waals surface area (Å²) < 4.78 is 4.80. The highest BCUT2D eigenvalue weighted by atomic mass is 32.2. The Balaban J connectivity index is 1.47. The predicted molar refractivity (Wildman–Crippen MR) is 147 cm³/mol. The summed E-state index contributed by atoms with van der Waals surface area (Å²) >= 11 is 1.97. The standard InChI is InChI=1S/C30H22N4S/c1-2-10-20(11-3-1)33-23-13-6-5-12-21(23)22-18-25-29(32-30(22)33)28-24(14-8-16-31-28)34(25)27-17-19-9-4-7-15-26(19)35-27/h1-2,4-10,12-18,26-27H,3,11H2. The summed E-state index contributed by atoms with van der Waals surface area (Å²) in [6, 6.07) is 15.3. The van der Waals surface area contributed by atoms with Gasteiger partial charge in [-0.15, -0.1) is 11.8 Å². The van der Waals surface area contributed by atoms with Crippen molar-refractivity contribution in [2.45, 2.75) is 23.5 Å². The number of hydrogen-bond acceptors (Lipinski definition) is 3. The Morgan fingerprint density at radius 3 is 2.77 bits per heavy atom. The molecule has 2 unspecified atom stereocenters. The van der Waals surface area contributed by atoms with E-state index in [2.05, 4.69) is 94.1 Å². The van der Waals surface area contributed by atoms with Gasteiger partial charge in [-0.2, -0.15) is 0 Å². The van der Waals surface area contributed by atoms with E-state index in [0.29, 0.717) is 5.25 Å². The van der Waals surface area contributed by atoms with Crippen LogP contribution in [-0.4, -0.2) is 24.4 Å². The molecule has 5 heterocycles. The van der Waals surface area contributed by atoms with Crippen molar-refractivity contribution in [3.63, 3.8) is 0 Å².